The van der Waals surface area contributed by atoms with Crippen molar-refractivity contribution >= 4 is 29.3 Å². The summed E-state index contributed by atoms with van der Waals surface area (Å²) in [5.74, 6) is -0.575. The van der Waals surface area contributed by atoms with Gasteiger partial charge in [-0.1, -0.05) is 18.2 Å². The maximum absolute atomic E-state index is 12.5. The summed E-state index contributed by atoms with van der Waals surface area (Å²) in [6.07, 6.45) is 1.60. The number of aromatic nitrogens is 1. The van der Waals surface area contributed by atoms with Gasteiger partial charge in [0, 0.05) is 35.4 Å². The van der Waals surface area contributed by atoms with Gasteiger partial charge in [-0.05, 0) is 68.0 Å². The normalized spacial score (nSPS) is 10.9. The number of rotatable bonds is 5. The van der Waals surface area contributed by atoms with Crippen molar-refractivity contribution in [1.82, 2.24) is 4.57 Å². The summed E-state index contributed by atoms with van der Waals surface area (Å²) in [5.41, 5.74) is 4.96. The molecular formula is C24H22N4O2. The topological polar surface area (TPSA) is 86.9 Å². The van der Waals surface area contributed by atoms with Crippen molar-refractivity contribution in [2.24, 2.45) is 0 Å². The SMILES string of the molecule is CC(=O)Nc1ccc(-n2c(C)cc(/C=C(\C#N)C(=O)Nc3ccccc3)c2C)cc1. The van der Waals surface area contributed by atoms with Crippen molar-refractivity contribution < 1.29 is 9.59 Å². The van der Waals surface area contributed by atoms with E-state index >= 15 is 0 Å². The van der Waals surface area contributed by atoms with E-state index in [2.05, 4.69) is 10.6 Å². The van der Waals surface area contributed by atoms with Gasteiger partial charge in [-0.25, -0.2) is 0 Å². The Kier molecular flexibility index (Phi) is 6.14. The first-order chi connectivity index (χ1) is 14.4. The maximum Gasteiger partial charge on any atom is 0.266 e. The minimum Gasteiger partial charge on any atom is -0.326 e. The van der Waals surface area contributed by atoms with E-state index in [1.54, 1.807) is 18.2 Å². The molecule has 0 bridgehead atoms. The Morgan fingerprint density at radius 3 is 2.20 bits per heavy atom. The predicted molar refractivity (Wildman–Crippen MR) is 118 cm³/mol. The highest BCUT2D eigenvalue weighted by atomic mass is 16.2. The molecule has 3 rings (SSSR count). The van der Waals surface area contributed by atoms with Crippen molar-refractivity contribution in [3.05, 3.63) is 83.2 Å². The summed E-state index contributed by atoms with van der Waals surface area (Å²) in [7, 11) is 0. The molecule has 0 saturated heterocycles. The standard InChI is InChI=1S/C24H22N4O2/c1-16-13-19(14-20(15-25)24(30)27-21-7-5-4-6-8-21)17(2)28(16)23-11-9-22(10-12-23)26-18(3)29/h4-14H,1-3H3,(H,26,29)(H,27,30)/b20-14+. The van der Waals surface area contributed by atoms with E-state index in [0.29, 0.717) is 5.69 Å². The number of amides is 2. The van der Waals surface area contributed by atoms with Gasteiger partial charge in [-0.3, -0.25) is 9.59 Å². The zero-order valence-electron chi connectivity index (χ0n) is 17.1. The van der Waals surface area contributed by atoms with Crippen LogP contribution in [-0.4, -0.2) is 16.4 Å². The third-order valence-corrected chi connectivity index (χ3v) is 4.61. The lowest BCUT2D eigenvalue weighted by Gasteiger charge is -2.11. The first-order valence-electron chi connectivity index (χ1n) is 9.44. The number of para-hydroxylation sites is 1. The van der Waals surface area contributed by atoms with Crippen molar-refractivity contribution in [2.75, 3.05) is 10.6 Å². The molecule has 150 valence electrons. The monoisotopic (exact) mass is 398 g/mol. The highest BCUT2D eigenvalue weighted by Gasteiger charge is 2.14. The molecule has 2 aromatic carbocycles. The number of carbonyl (C=O) groups is 2. The largest absolute Gasteiger partial charge is 0.326 e. The molecular weight excluding hydrogens is 376 g/mol. The lowest BCUT2D eigenvalue weighted by molar-refractivity contribution is -0.114. The number of hydrogen-bond acceptors (Lipinski definition) is 3. The Hall–Kier alpha value is -4.11. The second-order valence-electron chi connectivity index (χ2n) is 6.88. The second-order valence-corrected chi connectivity index (χ2v) is 6.88. The molecule has 0 spiro atoms. The summed E-state index contributed by atoms with van der Waals surface area (Å²) in [6.45, 7) is 5.36. The van der Waals surface area contributed by atoms with Crippen LogP contribution in [-0.2, 0) is 9.59 Å². The second kappa shape index (κ2) is 8.93. The van der Waals surface area contributed by atoms with Crippen LogP contribution < -0.4 is 10.6 Å². The Labute approximate surface area is 175 Å². The first kappa shape index (κ1) is 20.6. The Bertz CT molecular complexity index is 1150. The fourth-order valence-electron chi connectivity index (χ4n) is 3.25. The molecule has 0 aliphatic heterocycles. The molecule has 30 heavy (non-hydrogen) atoms. The average molecular weight is 398 g/mol. The maximum atomic E-state index is 12.5. The number of anilines is 2. The molecule has 1 aromatic heterocycles. The molecule has 0 atom stereocenters. The molecule has 3 aromatic rings. The van der Waals surface area contributed by atoms with E-state index < -0.39 is 5.91 Å². The van der Waals surface area contributed by atoms with Gasteiger partial charge in [0.05, 0.1) is 0 Å². The van der Waals surface area contributed by atoms with E-state index in [9.17, 15) is 14.9 Å². The van der Waals surface area contributed by atoms with E-state index in [1.165, 1.54) is 6.92 Å². The zero-order valence-corrected chi connectivity index (χ0v) is 17.1. The average Bonchev–Trinajstić information content (AvgIpc) is 3.00. The highest BCUT2D eigenvalue weighted by Crippen LogP contribution is 2.24. The van der Waals surface area contributed by atoms with E-state index in [-0.39, 0.29) is 11.5 Å². The molecule has 2 N–H and O–H groups in total. The van der Waals surface area contributed by atoms with Crippen LogP contribution in [0.5, 0.6) is 0 Å². The zero-order chi connectivity index (χ0) is 21.7. The number of nitrogens with one attached hydrogen (secondary N) is 2. The van der Waals surface area contributed by atoms with Crippen LogP contribution in [0.15, 0.2) is 66.2 Å². The van der Waals surface area contributed by atoms with Crippen LogP contribution in [0.4, 0.5) is 11.4 Å². The summed E-state index contributed by atoms with van der Waals surface area (Å²) < 4.78 is 2.04. The fourth-order valence-corrected chi connectivity index (χ4v) is 3.25. The van der Waals surface area contributed by atoms with Gasteiger partial charge in [0.1, 0.15) is 11.6 Å². The molecule has 0 radical (unpaired) electrons. The molecule has 1 heterocycles. The number of hydrogen-bond donors (Lipinski definition) is 2. The lowest BCUT2D eigenvalue weighted by Crippen LogP contribution is -2.13. The predicted octanol–water partition coefficient (Wildman–Crippen LogP) is 4.60. The molecule has 6 nitrogen and oxygen atoms in total. The van der Waals surface area contributed by atoms with Crippen molar-refractivity contribution in [1.29, 1.82) is 5.26 Å². The molecule has 2 amide bonds. The third kappa shape index (κ3) is 4.65. The third-order valence-electron chi connectivity index (χ3n) is 4.61. The molecule has 6 heteroatoms. The van der Waals surface area contributed by atoms with Gasteiger partial charge in [-0.2, -0.15) is 5.26 Å². The Morgan fingerprint density at radius 1 is 0.967 bits per heavy atom. The van der Waals surface area contributed by atoms with Crippen LogP contribution in [0.3, 0.4) is 0 Å². The smallest absolute Gasteiger partial charge is 0.266 e. The number of nitriles is 1. The van der Waals surface area contributed by atoms with Gasteiger partial charge in [0.15, 0.2) is 0 Å². The van der Waals surface area contributed by atoms with E-state index in [0.717, 1.165) is 28.3 Å². The van der Waals surface area contributed by atoms with Crippen LogP contribution >= 0.6 is 0 Å². The van der Waals surface area contributed by atoms with Gasteiger partial charge < -0.3 is 15.2 Å². The van der Waals surface area contributed by atoms with E-state index in [1.807, 2.05) is 73.0 Å². The summed E-state index contributed by atoms with van der Waals surface area (Å²) in [5, 5.41) is 15.0. The Balaban J connectivity index is 1.89. The van der Waals surface area contributed by atoms with Crippen molar-refractivity contribution in [3.63, 3.8) is 0 Å². The number of aryl methyl sites for hydroxylation is 1. The molecule has 0 fully saturated rings. The fraction of sp³-hybridized carbons (Fsp3) is 0.125. The Morgan fingerprint density at radius 2 is 1.60 bits per heavy atom. The van der Waals surface area contributed by atoms with Crippen LogP contribution in [0.1, 0.15) is 23.9 Å². The van der Waals surface area contributed by atoms with Crippen molar-refractivity contribution in [3.8, 4) is 11.8 Å². The van der Waals surface area contributed by atoms with Gasteiger partial charge >= 0.3 is 0 Å². The molecule has 0 aliphatic rings. The minimum atomic E-state index is -0.451. The van der Waals surface area contributed by atoms with Crippen LogP contribution in [0, 0.1) is 25.2 Å². The summed E-state index contributed by atoms with van der Waals surface area (Å²) in [4.78, 5) is 23.7. The summed E-state index contributed by atoms with van der Waals surface area (Å²) in [6, 6.07) is 20.4. The van der Waals surface area contributed by atoms with Crippen molar-refractivity contribution in [2.45, 2.75) is 20.8 Å². The molecule has 0 unspecified atom stereocenters. The first-order valence-corrected chi connectivity index (χ1v) is 9.44. The number of benzene rings is 2. The lowest BCUT2D eigenvalue weighted by atomic mass is 10.1. The van der Waals surface area contributed by atoms with Gasteiger partial charge in [0.2, 0.25) is 5.91 Å². The van der Waals surface area contributed by atoms with Gasteiger partial charge in [0.25, 0.3) is 5.91 Å². The highest BCUT2D eigenvalue weighted by molar-refractivity contribution is 6.09. The molecule has 0 aliphatic carbocycles. The summed E-state index contributed by atoms with van der Waals surface area (Å²) >= 11 is 0. The van der Waals surface area contributed by atoms with E-state index in [4.69, 9.17) is 0 Å². The number of carbonyl (C=O) groups excluding carboxylic acids is 2. The quantitative estimate of drug-likeness (QED) is 0.486. The van der Waals surface area contributed by atoms with Crippen LogP contribution in [0.25, 0.3) is 11.8 Å². The molecule has 0 saturated carbocycles. The number of nitrogens with zero attached hydrogens (tertiary/aromatic N) is 2. The van der Waals surface area contributed by atoms with Crippen LogP contribution in [0.2, 0.25) is 0 Å². The minimum absolute atomic E-state index is 0.0279. The van der Waals surface area contributed by atoms with Gasteiger partial charge in [-0.15, -0.1) is 0 Å².